The largest absolute Gasteiger partial charge is 0.510 e. The van der Waals surface area contributed by atoms with Gasteiger partial charge in [0.15, 0.2) is 0 Å². The van der Waals surface area contributed by atoms with Gasteiger partial charge in [-0.2, -0.15) is 18.2 Å². The molecule has 0 N–H and O–H groups in total. The fourth-order valence-electron chi connectivity index (χ4n) is 12.7. The van der Waals surface area contributed by atoms with Crippen molar-refractivity contribution in [3.8, 4) is 73.2 Å². The summed E-state index contributed by atoms with van der Waals surface area (Å²) < 4.78 is 101. The second kappa shape index (κ2) is 23.6. The Kier molecular flexibility index (Phi) is 12.0. The Hall–Kier alpha value is -10.8. The maximum atomic E-state index is 9.17. The van der Waals surface area contributed by atoms with Gasteiger partial charge in [-0.25, -0.2) is 4.98 Å². The molecule has 3 aromatic heterocycles. The number of aromatic nitrogens is 4. The minimum Gasteiger partial charge on any atom is -0.510 e. The Morgan fingerprint density at radius 3 is 1.65 bits per heavy atom. The van der Waals surface area contributed by atoms with E-state index in [0.29, 0.717) is 34.0 Å². The molecule has 9 heteroatoms. The molecule has 0 bridgehead atoms. The summed E-state index contributed by atoms with van der Waals surface area (Å²) in [5.74, 6) is 1.43. The third-order valence-corrected chi connectivity index (χ3v) is 16.8. The molecule has 1 aliphatic heterocycles. The van der Waals surface area contributed by atoms with E-state index in [4.69, 9.17) is 23.4 Å². The van der Waals surface area contributed by atoms with E-state index in [1.807, 2.05) is 60.8 Å². The zero-order valence-corrected chi connectivity index (χ0v) is 51.9. The molecule has 0 unspecified atom stereocenters. The van der Waals surface area contributed by atoms with E-state index in [0.717, 1.165) is 77.8 Å². The third kappa shape index (κ3) is 10.2. The summed E-state index contributed by atoms with van der Waals surface area (Å²) in [5, 5.41) is 1.89. The number of fused-ring (bicyclic) bond motifs is 5. The number of rotatable bonds is 12. The van der Waals surface area contributed by atoms with Gasteiger partial charge in [-0.1, -0.05) is 251 Å². The number of pyridine rings is 1. The predicted molar refractivity (Wildman–Crippen MR) is 369 cm³/mol. The van der Waals surface area contributed by atoms with Crippen molar-refractivity contribution >= 4 is 68.0 Å². The van der Waals surface area contributed by atoms with Crippen LogP contribution in [0.2, 0.25) is 0 Å². The fraction of sp³-hybridized carbons (Fsp3) is 0.0488. The van der Waals surface area contributed by atoms with Gasteiger partial charge in [-0.05, 0) is 103 Å². The smallest absolute Gasteiger partial charge is 0.420 e. The molecule has 1 aliphatic rings. The van der Waals surface area contributed by atoms with Crippen LogP contribution in [0.1, 0.15) is 40.0 Å². The van der Waals surface area contributed by atoms with E-state index >= 15 is 0 Å². The van der Waals surface area contributed by atoms with Crippen molar-refractivity contribution in [2.24, 2.45) is 0 Å². The van der Waals surface area contributed by atoms with Crippen LogP contribution in [0, 0.1) is 18.5 Å². The van der Waals surface area contributed by atoms with Crippen molar-refractivity contribution in [2.45, 2.75) is 26.2 Å². The number of nitrogens with zero attached hydrogens (tertiary/aromatic N) is 6. The van der Waals surface area contributed by atoms with Gasteiger partial charge < -0.3 is 23.5 Å². The molecule has 0 atom stereocenters. The number of hydrogen-bond donors (Lipinski definition) is 0. The first-order valence-electron chi connectivity index (χ1n) is 34.8. The Labute approximate surface area is 559 Å². The first-order valence-corrected chi connectivity index (χ1v) is 29.8. The Balaban J connectivity index is 0.00000827. The van der Waals surface area contributed by atoms with Gasteiger partial charge in [0, 0.05) is 66.8 Å². The van der Waals surface area contributed by atoms with Gasteiger partial charge in [0.2, 0.25) is 0 Å². The average Bonchev–Trinajstić information content (AvgIpc) is 1.59. The number of para-hydroxylation sites is 7. The number of ether oxygens (including phenoxy) is 1. The van der Waals surface area contributed by atoms with Crippen molar-refractivity contribution in [3.63, 3.8) is 0 Å². The Bertz CT molecular complexity index is 5570. The number of imidazole rings is 1. The van der Waals surface area contributed by atoms with E-state index in [1.165, 1.54) is 0 Å². The number of hydrogen-bond acceptors (Lipinski definition) is 4. The second-order valence-corrected chi connectivity index (χ2v) is 23.2. The molecule has 7 nitrogen and oxygen atoms in total. The predicted octanol–water partition coefficient (Wildman–Crippen LogP) is 19.2. The van der Waals surface area contributed by atoms with Crippen molar-refractivity contribution in [3.05, 3.63) is 327 Å². The minimum absolute atomic E-state index is 0. The summed E-state index contributed by atoms with van der Waals surface area (Å²) in [7, 11) is 0. The van der Waals surface area contributed by atoms with Gasteiger partial charge in [0.1, 0.15) is 5.82 Å². The van der Waals surface area contributed by atoms with Crippen LogP contribution < -0.4 is 24.4 Å². The quantitative estimate of drug-likeness (QED) is 0.0695. The van der Waals surface area contributed by atoms with E-state index in [1.54, 1.807) is 33.4 Å². The molecule has 0 saturated heterocycles. The molecule has 12 aromatic carbocycles. The van der Waals surface area contributed by atoms with Crippen LogP contribution in [-0.4, -0.2) is 21.1 Å². The van der Waals surface area contributed by atoms with Crippen LogP contribution in [0.3, 0.4) is 0 Å². The molecule has 0 radical (unpaired) electrons. The topological polar surface area (TPSA) is 42.3 Å². The van der Waals surface area contributed by atoms with Crippen LogP contribution in [0.25, 0.3) is 94.5 Å². The van der Waals surface area contributed by atoms with Crippen molar-refractivity contribution in [1.82, 2.24) is 14.1 Å². The Morgan fingerprint density at radius 1 is 0.473 bits per heavy atom. The molecule has 0 fully saturated rings. The Morgan fingerprint density at radius 2 is 1.02 bits per heavy atom. The molecule has 0 spiro atoms. The SMILES string of the molecule is [2H]c1c([2H])c([2H])c(-c2cccc(-c3c([2H])c([2H])c([2H])c([2H])c3[2H])c2-[n+]2[c-]n(-c3[c-]c(Oc4[c-]c5c(cc4)c4cc(B6N(c7ccccc7-c7ccccc7)c7ccccc7N6c6ccccc6-c6ccccc6)ccc4n5-c4cc(C(C)(C)C)ccn4)ccc3)c3ccccc32)c([2H])c1[2H].[Pt]. The normalized spacial score (nSPS) is 13.7. The third-order valence-electron chi connectivity index (χ3n) is 16.8. The summed E-state index contributed by atoms with van der Waals surface area (Å²) in [6, 6.07) is 81.4. The maximum Gasteiger partial charge on any atom is 0.420 e. The molecular weight excluding hydrogens is 1290 g/mol. The number of anilines is 4. The molecule has 438 valence electrons. The van der Waals surface area contributed by atoms with Crippen molar-refractivity contribution in [2.75, 3.05) is 9.62 Å². The zero-order chi connectivity index (χ0) is 69.0. The van der Waals surface area contributed by atoms with Gasteiger partial charge >= 0.3 is 6.98 Å². The van der Waals surface area contributed by atoms with Crippen molar-refractivity contribution in [1.29, 1.82) is 0 Å². The van der Waals surface area contributed by atoms with E-state index < -0.39 is 67.4 Å². The molecule has 16 rings (SSSR count). The van der Waals surface area contributed by atoms with Crippen LogP contribution in [0.5, 0.6) is 11.5 Å². The molecule has 91 heavy (non-hydrogen) atoms. The van der Waals surface area contributed by atoms with Gasteiger partial charge in [0.25, 0.3) is 6.33 Å². The molecule has 0 amide bonds. The first kappa shape index (κ1) is 46.3. The van der Waals surface area contributed by atoms with Crippen LogP contribution >= 0.6 is 0 Å². The summed E-state index contributed by atoms with van der Waals surface area (Å²) in [6.07, 6.45) is 5.32. The minimum atomic E-state index is -0.582. The van der Waals surface area contributed by atoms with E-state index in [-0.39, 0.29) is 54.4 Å². The second-order valence-electron chi connectivity index (χ2n) is 23.2. The van der Waals surface area contributed by atoms with Gasteiger partial charge in [-0.15, -0.1) is 29.7 Å². The van der Waals surface area contributed by atoms with E-state index in [9.17, 15) is 0 Å². The standard InChI is InChI=1S/C82H59BN6O.Pt/c1-82(2,3)61-50-51-84-80(52-61)87-72-49-46-62(83-88(73-40-18-16-36-66(73)57-26-8-4-9-27-57)77-44-22-23-45-78(77)89(83)74-41-19-17-37-67(74)58-28-10-5-11-29-58)53-71(72)70-48-47-65(55-79(70)87)90-64-35-24-34-63(54-64)85-56-86(76-43-21-20-42-75(76)85)81-68(59-30-12-6-13-31-59)38-25-39-69(81)60-32-14-7-15-33-60;/h4-53H,1-3H3;/q-2;/i6D,7D,12D,13D,14D,15D,30D,31D,32D,33D;. The first-order chi connectivity index (χ1) is 48.4. The van der Waals surface area contributed by atoms with E-state index in [2.05, 4.69) is 211 Å². The molecule has 4 heterocycles. The molecular formula is C82H59BN6OPt-2. The monoisotopic (exact) mass is 1360 g/mol. The van der Waals surface area contributed by atoms with Gasteiger partial charge in [0.05, 0.1) is 41.8 Å². The summed E-state index contributed by atoms with van der Waals surface area (Å²) in [4.78, 5) is 10.0. The van der Waals surface area contributed by atoms with Crippen LogP contribution in [0.15, 0.2) is 303 Å². The maximum absolute atomic E-state index is 9.17. The summed E-state index contributed by atoms with van der Waals surface area (Å²) >= 11 is 0. The fourth-order valence-corrected chi connectivity index (χ4v) is 12.7. The number of benzene rings is 12. The summed E-state index contributed by atoms with van der Waals surface area (Å²) in [6.45, 7) is 6.16. The molecule has 15 aromatic rings. The average molecular weight is 1360 g/mol. The van der Waals surface area contributed by atoms with Crippen LogP contribution in [0.4, 0.5) is 22.7 Å². The molecule has 0 saturated carbocycles. The summed E-state index contributed by atoms with van der Waals surface area (Å²) in [5.41, 5.74) is 13.9. The zero-order valence-electron chi connectivity index (χ0n) is 59.6. The van der Waals surface area contributed by atoms with Gasteiger partial charge in [-0.3, -0.25) is 4.57 Å². The molecule has 0 aliphatic carbocycles. The van der Waals surface area contributed by atoms with Crippen molar-refractivity contribution < 1.29 is 44.1 Å². The van der Waals surface area contributed by atoms with Crippen LogP contribution in [-0.2, 0) is 26.5 Å².